The molecule has 0 unspecified atom stereocenters. The molecule has 1 aliphatic heterocycles. The number of nitrogens with one attached hydrogen (secondary N) is 1. The van der Waals surface area contributed by atoms with E-state index < -0.39 is 0 Å². The second-order valence-electron chi connectivity index (χ2n) is 7.82. The SMILES string of the molecule is O=C(NCc1ccc(N2CCOCC2)nc1)c1cccc(OCc2cn3ccccc3n2)c1. The van der Waals surface area contributed by atoms with E-state index in [0.29, 0.717) is 24.5 Å². The van der Waals surface area contributed by atoms with Crippen LogP contribution in [0.5, 0.6) is 5.75 Å². The maximum absolute atomic E-state index is 12.7. The molecule has 1 fully saturated rings. The van der Waals surface area contributed by atoms with Crippen LogP contribution in [0.2, 0.25) is 0 Å². The number of hydrogen-bond donors (Lipinski definition) is 1. The van der Waals surface area contributed by atoms with Crippen molar-refractivity contribution in [1.29, 1.82) is 0 Å². The van der Waals surface area contributed by atoms with E-state index in [-0.39, 0.29) is 5.91 Å². The van der Waals surface area contributed by atoms with Crippen molar-refractivity contribution in [2.45, 2.75) is 13.2 Å². The highest BCUT2D eigenvalue weighted by Crippen LogP contribution is 2.16. The fraction of sp³-hybridized carbons (Fsp3) is 0.240. The Labute approximate surface area is 191 Å². The van der Waals surface area contributed by atoms with Crippen molar-refractivity contribution in [2.75, 3.05) is 31.2 Å². The molecular formula is C25H25N5O3. The van der Waals surface area contributed by atoms with Gasteiger partial charge in [-0.25, -0.2) is 9.97 Å². The molecule has 8 heteroatoms. The molecule has 8 nitrogen and oxygen atoms in total. The predicted octanol–water partition coefficient (Wildman–Crippen LogP) is 3.07. The summed E-state index contributed by atoms with van der Waals surface area (Å²) < 4.78 is 13.2. The van der Waals surface area contributed by atoms with Crippen LogP contribution in [0.3, 0.4) is 0 Å². The minimum atomic E-state index is -0.162. The summed E-state index contributed by atoms with van der Waals surface area (Å²) in [6.07, 6.45) is 5.69. The van der Waals surface area contributed by atoms with Crippen LogP contribution in [0.25, 0.3) is 5.65 Å². The number of morpholine rings is 1. The largest absolute Gasteiger partial charge is 0.487 e. The molecule has 1 N–H and O–H groups in total. The first-order valence-corrected chi connectivity index (χ1v) is 11.0. The molecule has 0 atom stereocenters. The highest BCUT2D eigenvalue weighted by Gasteiger charge is 2.12. The molecule has 0 aliphatic carbocycles. The van der Waals surface area contributed by atoms with Crippen LogP contribution in [0.15, 0.2) is 73.2 Å². The molecule has 1 aromatic carbocycles. The van der Waals surface area contributed by atoms with Crippen LogP contribution in [0.4, 0.5) is 5.82 Å². The Bertz CT molecular complexity index is 1200. The average Bonchev–Trinajstić information content (AvgIpc) is 3.30. The molecule has 4 heterocycles. The van der Waals surface area contributed by atoms with Gasteiger partial charge in [0.2, 0.25) is 0 Å². The highest BCUT2D eigenvalue weighted by molar-refractivity contribution is 5.94. The molecule has 1 saturated heterocycles. The topological polar surface area (TPSA) is 81.0 Å². The zero-order valence-electron chi connectivity index (χ0n) is 18.2. The van der Waals surface area contributed by atoms with Gasteiger partial charge in [-0.05, 0) is 42.0 Å². The summed E-state index contributed by atoms with van der Waals surface area (Å²) >= 11 is 0. The Kier molecular flexibility index (Phi) is 6.16. The number of hydrogen-bond acceptors (Lipinski definition) is 6. The van der Waals surface area contributed by atoms with Crippen molar-refractivity contribution in [2.24, 2.45) is 0 Å². The van der Waals surface area contributed by atoms with E-state index in [4.69, 9.17) is 9.47 Å². The van der Waals surface area contributed by atoms with Gasteiger partial charge in [0.05, 0.1) is 18.9 Å². The van der Waals surface area contributed by atoms with Crippen LogP contribution < -0.4 is 15.0 Å². The summed E-state index contributed by atoms with van der Waals surface area (Å²) in [5.74, 6) is 1.39. The number of pyridine rings is 2. The first kappa shape index (κ1) is 21.0. The number of amides is 1. The van der Waals surface area contributed by atoms with Gasteiger partial charge < -0.3 is 24.1 Å². The van der Waals surface area contributed by atoms with E-state index in [1.807, 2.05) is 59.3 Å². The zero-order chi connectivity index (χ0) is 22.5. The van der Waals surface area contributed by atoms with Gasteiger partial charge in [-0.1, -0.05) is 18.2 Å². The van der Waals surface area contributed by atoms with E-state index in [2.05, 4.69) is 20.2 Å². The lowest BCUT2D eigenvalue weighted by Crippen LogP contribution is -2.36. The molecule has 33 heavy (non-hydrogen) atoms. The summed E-state index contributed by atoms with van der Waals surface area (Å²) in [5.41, 5.74) is 3.18. The smallest absolute Gasteiger partial charge is 0.251 e. The maximum atomic E-state index is 12.7. The molecule has 3 aromatic heterocycles. The van der Waals surface area contributed by atoms with Gasteiger partial charge in [0.25, 0.3) is 5.91 Å². The second-order valence-corrected chi connectivity index (χ2v) is 7.82. The van der Waals surface area contributed by atoms with E-state index in [9.17, 15) is 4.79 Å². The van der Waals surface area contributed by atoms with Gasteiger partial charge in [0.1, 0.15) is 23.8 Å². The van der Waals surface area contributed by atoms with Gasteiger partial charge >= 0.3 is 0 Å². The number of aromatic nitrogens is 3. The number of ether oxygens (including phenoxy) is 2. The summed E-state index contributed by atoms with van der Waals surface area (Å²) in [4.78, 5) is 23.9. The highest BCUT2D eigenvalue weighted by atomic mass is 16.5. The Hall–Kier alpha value is -3.91. The van der Waals surface area contributed by atoms with Crippen molar-refractivity contribution >= 4 is 17.4 Å². The van der Waals surface area contributed by atoms with E-state index in [1.165, 1.54) is 0 Å². The Morgan fingerprint density at radius 2 is 2.00 bits per heavy atom. The van der Waals surface area contributed by atoms with Crippen molar-refractivity contribution in [3.05, 3.63) is 90.0 Å². The Balaban J connectivity index is 1.16. The maximum Gasteiger partial charge on any atom is 0.251 e. The molecule has 1 aliphatic rings. The van der Waals surface area contributed by atoms with Crippen LogP contribution in [0.1, 0.15) is 21.6 Å². The number of fused-ring (bicyclic) bond motifs is 1. The molecule has 0 saturated carbocycles. The molecule has 1 amide bonds. The van der Waals surface area contributed by atoms with Crippen LogP contribution in [0, 0.1) is 0 Å². The van der Waals surface area contributed by atoms with E-state index in [0.717, 1.165) is 49.0 Å². The standard InChI is InChI=1S/C25H25N5O3/c31-25(27-16-19-7-8-23(26-15-19)29-10-12-32-13-11-29)20-4-3-5-22(14-20)33-18-21-17-30-9-2-1-6-24(30)28-21/h1-9,14-15,17H,10-13,16,18H2,(H,27,31). The zero-order valence-corrected chi connectivity index (χ0v) is 18.2. The van der Waals surface area contributed by atoms with Crippen LogP contribution >= 0.6 is 0 Å². The molecule has 168 valence electrons. The van der Waals surface area contributed by atoms with Crippen molar-refractivity contribution in [3.63, 3.8) is 0 Å². The molecule has 0 bridgehead atoms. The minimum absolute atomic E-state index is 0.162. The number of benzene rings is 1. The molecule has 4 aromatic rings. The van der Waals surface area contributed by atoms with Crippen LogP contribution in [-0.2, 0) is 17.9 Å². The second kappa shape index (κ2) is 9.70. The van der Waals surface area contributed by atoms with E-state index in [1.54, 1.807) is 18.3 Å². The number of imidazole rings is 1. The fourth-order valence-corrected chi connectivity index (χ4v) is 3.73. The minimum Gasteiger partial charge on any atom is -0.487 e. The van der Waals surface area contributed by atoms with Crippen molar-refractivity contribution in [1.82, 2.24) is 19.7 Å². The number of carbonyl (C=O) groups is 1. The van der Waals surface area contributed by atoms with Gasteiger partial charge in [-0.15, -0.1) is 0 Å². The Morgan fingerprint density at radius 1 is 1.09 bits per heavy atom. The summed E-state index contributed by atoms with van der Waals surface area (Å²) in [6.45, 7) is 3.87. The van der Waals surface area contributed by atoms with E-state index >= 15 is 0 Å². The van der Waals surface area contributed by atoms with Crippen molar-refractivity contribution < 1.29 is 14.3 Å². The number of carbonyl (C=O) groups excluding carboxylic acids is 1. The van der Waals surface area contributed by atoms with Crippen molar-refractivity contribution in [3.8, 4) is 5.75 Å². The molecule has 0 radical (unpaired) electrons. The van der Waals surface area contributed by atoms with Gasteiger partial charge in [-0.2, -0.15) is 0 Å². The lowest BCUT2D eigenvalue weighted by atomic mass is 10.2. The van der Waals surface area contributed by atoms with Gasteiger partial charge in [-0.3, -0.25) is 4.79 Å². The van der Waals surface area contributed by atoms with Gasteiger partial charge in [0.15, 0.2) is 0 Å². The summed E-state index contributed by atoms with van der Waals surface area (Å²) in [6, 6.07) is 17.0. The average molecular weight is 444 g/mol. The monoisotopic (exact) mass is 443 g/mol. The normalized spacial score (nSPS) is 13.8. The number of nitrogens with zero attached hydrogens (tertiary/aromatic N) is 4. The molecule has 0 spiro atoms. The number of rotatable bonds is 7. The quantitative estimate of drug-likeness (QED) is 0.473. The molecule has 5 rings (SSSR count). The lowest BCUT2D eigenvalue weighted by Gasteiger charge is -2.27. The lowest BCUT2D eigenvalue weighted by molar-refractivity contribution is 0.0950. The van der Waals surface area contributed by atoms with Gasteiger partial charge in [0, 0.05) is 43.8 Å². The third kappa shape index (κ3) is 5.12. The third-order valence-corrected chi connectivity index (χ3v) is 5.49. The summed E-state index contributed by atoms with van der Waals surface area (Å²) in [7, 11) is 0. The number of anilines is 1. The predicted molar refractivity (Wildman–Crippen MR) is 124 cm³/mol. The first-order valence-electron chi connectivity index (χ1n) is 11.0. The van der Waals surface area contributed by atoms with Crippen LogP contribution in [-0.4, -0.2) is 46.6 Å². The molecular weight excluding hydrogens is 418 g/mol. The fourth-order valence-electron chi connectivity index (χ4n) is 3.73. The Morgan fingerprint density at radius 3 is 2.82 bits per heavy atom. The summed E-state index contributed by atoms with van der Waals surface area (Å²) in [5, 5.41) is 2.95. The first-order chi connectivity index (χ1) is 16.2. The third-order valence-electron chi connectivity index (χ3n) is 5.49.